The second-order valence-corrected chi connectivity index (χ2v) is 5.37. The van der Waals surface area contributed by atoms with Crippen molar-refractivity contribution < 1.29 is 19.5 Å². The Morgan fingerprint density at radius 3 is 2.24 bits per heavy atom. The van der Waals surface area contributed by atoms with Gasteiger partial charge in [0.25, 0.3) is 0 Å². The molecule has 0 unspecified atom stereocenters. The summed E-state index contributed by atoms with van der Waals surface area (Å²) in [4.78, 5) is 34.0. The maximum atomic E-state index is 11.7. The van der Waals surface area contributed by atoms with Crippen LogP contribution in [0.15, 0.2) is 53.6 Å². The molecule has 0 radical (unpaired) electrons. The summed E-state index contributed by atoms with van der Waals surface area (Å²) in [5, 5.41) is 15.5. The van der Waals surface area contributed by atoms with Gasteiger partial charge in [0.1, 0.15) is 0 Å². The quantitative estimate of drug-likeness (QED) is 0.429. The van der Waals surface area contributed by atoms with Gasteiger partial charge in [0.15, 0.2) is 0 Å². The smallest absolute Gasteiger partial charge is 0.335 e. The summed E-state index contributed by atoms with van der Waals surface area (Å²) in [6, 6.07) is 12.7. The van der Waals surface area contributed by atoms with Crippen molar-refractivity contribution in [2.24, 2.45) is 5.10 Å². The minimum Gasteiger partial charge on any atom is -0.478 e. The largest absolute Gasteiger partial charge is 0.478 e. The van der Waals surface area contributed by atoms with E-state index in [4.69, 9.17) is 16.7 Å². The van der Waals surface area contributed by atoms with E-state index < -0.39 is 17.8 Å². The van der Waals surface area contributed by atoms with Crippen molar-refractivity contribution in [1.29, 1.82) is 0 Å². The van der Waals surface area contributed by atoms with Gasteiger partial charge < -0.3 is 10.4 Å². The molecule has 0 atom stereocenters. The molecule has 25 heavy (non-hydrogen) atoms. The zero-order chi connectivity index (χ0) is 18.2. The van der Waals surface area contributed by atoms with Crippen molar-refractivity contribution in [2.45, 2.75) is 6.54 Å². The van der Waals surface area contributed by atoms with Crippen LogP contribution >= 0.6 is 11.6 Å². The Balaban J connectivity index is 1.81. The van der Waals surface area contributed by atoms with E-state index in [1.54, 1.807) is 24.3 Å². The standard InChI is InChI=1S/C17H14ClN3O4/c18-14-7-3-11(4-8-14)9-19-15(22)16(23)21-20-10-12-1-5-13(6-2-12)17(24)25/h1-8,10H,9H2,(H,19,22)(H,21,23)(H,24,25)/b20-10-. The van der Waals surface area contributed by atoms with E-state index >= 15 is 0 Å². The topological polar surface area (TPSA) is 108 Å². The van der Waals surface area contributed by atoms with Crippen molar-refractivity contribution in [3.05, 3.63) is 70.2 Å². The SMILES string of the molecule is O=C(NCc1ccc(Cl)cc1)C(=O)N/N=C\c1ccc(C(=O)O)cc1. The lowest BCUT2D eigenvalue weighted by Gasteiger charge is -2.04. The molecule has 7 nitrogen and oxygen atoms in total. The summed E-state index contributed by atoms with van der Waals surface area (Å²) >= 11 is 5.76. The predicted octanol–water partition coefficient (Wildman–Crippen LogP) is 1.80. The number of nitrogens with one attached hydrogen (secondary N) is 2. The van der Waals surface area contributed by atoms with Crippen molar-refractivity contribution in [2.75, 3.05) is 0 Å². The number of hydrogen-bond donors (Lipinski definition) is 3. The van der Waals surface area contributed by atoms with Gasteiger partial charge >= 0.3 is 17.8 Å². The minimum atomic E-state index is -1.03. The van der Waals surface area contributed by atoms with Crippen molar-refractivity contribution in [3.63, 3.8) is 0 Å². The summed E-state index contributed by atoms with van der Waals surface area (Å²) < 4.78 is 0. The summed E-state index contributed by atoms with van der Waals surface area (Å²) in [5.74, 6) is -2.77. The van der Waals surface area contributed by atoms with Crippen LogP contribution in [0.2, 0.25) is 5.02 Å². The van der Waals surface area contributed by atoms with Crippen LogP contribution < -0.4 is 10.7 Å². The van der Waals surface area contributed by atoms with Gasteiger partial charge in [0.05, 0.1) is 11.8 Å². The molecule has 0 aliphatic rings. The lowest BCUT2D eigenvalue weighted by molar-refractivity contribution is -0.139. The molecule has 8 heteroatoms. The highest BCUT2D eigenvalue weighted by Crippen LogP contribution is 2.09. The van der Waals surface area contributed by atoms with E-state index in [2.05, 4.69) is 15.8 Å². The highest BCUT2D eigenvalue weighted by atomic mass is 35.5. The molecule has 0 aromatic heterocycles. The minimum absolute atomic E-state index is 0.141. The van der Waals surface area contributed by atoms with Crippen LogP contribution in [0.5, 0.6) is 0 Å². The lowest BCUT2D eigenvalue weighted by Crippen LogP contribution is -2.37. The molecular weight excluding hydrogens is 346 g/mol. The molecule has 0 saturated carbocycles. The third-order valence-corrected chi connectivity index (χ3v) is 3.36. The summed E-state index contributed by atoms with van der Waals surface area (Å²) in [6.07, 6.45) is 1.30. The van der Waals surface area contributed by atoms with Gasteiger partial charge in [0.2, 0.25) is 0 Å². The van der Waals surface area contributed by atoms with E-state index in [1.807, 2.05) is 0 Å². The molecule has 2 rings (SSSR count). The van der Waals surface area contributed by atoms with Crippen LogP contribution in [0, 0.1) is 0 Å². The summed E-state index contributed by atoms with van der Waals surface area (Å²) in [5.41, 5.74) is 3.61. The lowest BCUT2D eigenvalue weighted by atomic mass is 10.1. The average Bonchev–Trinajstić information content (AvgIpc) is 2.61. The third kappa shape index (κ3) is 5.74. The van der Waals surface area contributed by atoms with E-state index in [0.717, 1.165) is 5.56 Å². The van der Waals surface area contributed by atoms with Crippen molar-refractivity contribution in [3.8, 4) is 0 Å². The molecule has 0 heterocycles. The van der Waals surface area contributed by atoms with Crippen LogP contribution in [0.3, 0.4) is 0 Å². The van der Waals surface area contributed by atoms with Gasteiger partial charge in [-0.15, -0.1) is 0 Å². The molecule has 0 saturated heterocycles. The Bertz CT molecular complexity index is 802. The normalized spacial score (nSPS) is 10.4. The highest BCUT2D eigenvalue weighted by molar-refractivity contribution is 6.35. The van der Waals surface area contributed by atoms with Gasteiger partial charge in [-0.3, -0.25) is 9.59 Å². The van der Waals surface area contributed by atoms with Crippen LogP contribution in [0.1, 0.15) is 21.5 Å². The molecule has 2 aromatic rings. The molecule has 0 fully saturated rings. The van der Waals surface area contributed by atoms with Crippen LogP contribution in [0.4, 0.5) is 0 Å². The first-order chi connectivity index (χ1) is 12.0. The first-order valence-electron chi connectivity index (χ1n) is 7.15. The second kappa shape index (κ2) is 8.60. The fourth-order valence-electron chi connectivity index (χ4n) is 1.79. The number of nitrogens with zero attached hydrogens (tertiary/aromatic N) is 1. The monoisotopic (exact) mass is 359 g/mol. The zero-order valence-corrected chi connectivity index (χ0v) is 13.7. The Morgan fingerprint density at radius 1 is 1.00 bits per heavy atom. The Hall–Kier alpha value is -3.19. The van der Waals surface area contributed by atoms with E-state index in [0.29, 0.717) is 10.6 Å². The second-order valence-electron chi connectivity index (χ2n) is 4.94. The Labute approximate surface area is 148 Å². The molecule has 0 bridgehead atoms. The average molecular weight is 360 g/mol. The van der Waals surface area contributed by atoms with Crippen molar-refractivity contribution >= 4 is 35.6 Å². The number of hydrazone groups is 1. The number of amides is 2. The first kappa shape index (κ1) is 18.2. The van der Waals surface area contributed by atoms with Crippen LogP contribution in [-0.4, -0.2) is 29.1 Å². The van der Waals surface area contributed by atoms with Gasteiger partial charge in [-0.25, -0.2) is 10.2 Å². The molecule has 0 aliphatic carbocycles. The zero-order valence-electron chi connectivity index (χ0n) is 12.9. The van der Waals surface area contributed by atoms with Gasteiger partial charge in [-0.1, -0.05) is 35.9 Å². The fraction of sp³-hybridized carbons (Fsp3) is 0.0588. The van der Waals surface area contributed by atoms with Gasteiger partial charge in [0, 0.05) is 11.6 Å². The van der Waals surface area contributed by atoms with Crippen LogP contribution in [-0.2, 0) is 16.1 Å². The highest BCUT2D eigenvalue weighted by Gasteiger charge is 2.11. The third-order valence-electron chi connectivity index (χ3n) is 3.11. The van der Waals surface area contributed by atoms with E-state index in [1.165, 1.54) is 30.5 Å². The Morgan fingerprint density at radius 2 is 1.64 bits per heavy atom. The molecule has 2 amide bonds. The van der Waals surface area contributed by atoms with E-state index in [9.17, 15) is 14.4 Å². The fourth-order valence-corrected chi connectivity index (χ4v) is 1.92. The maximum Gasteiger partial charge on any atom is 0.335 e. The van der Waals surface area contributed by atoms with Gasteiger partial charge in [-0.2, -0.15) is 5.10 Å². The number of hydrogen-bond acceptors (Lipinski definition) is 4. The van der Waals surface area contributed by atoms with Crippen molar-refractivity contribution in [1.82, 2.24) is 10.7 Å². The number of carboxylic acid groups (broad SMARTS) is 1. The molecular formula is C17H14ClN3O4. The number of rotatable bonds is 5. The molecule has 128 valence electrons. The molecule has 2 aromatic carbocycles. The summed E-state index contributed by atoms with van der Waals surface area (Å²) in [6.45, 7) is 0.184. The predicted molar refractivity (Wildman–Crippen MR) is 92.4 cm³/mol. The summed E-state index contributed by atoms with van der Waals surface area (Å²) in [7, 11) is 0. The van der Waals surface area contributed by atoms with Gasteiger partial charge in [-0.05, 0) is 35.4 Å². The van der Waals surface area contributed by atoms with E-state index in [-0.39, 0.29) is 12.1 Å². The van der Waals surface area contributed by atoms with Crippen LogP contribution in [0.25, 0.3) is 0 Å². The number of halogens is 1. The Kier molecular flexibility index (Phi) is 6.25. The number of aromatic carboxylic acids is 1. The number of carbonyl (C=O) groups excluding carboxylic acids is 2. The number of carbonyl (C=O) groups is 3. The molecule has 3 N–H and O–H groups in total. The first-order valence-corrected chi connectivity index (χ1v) is 7.52. The molecule has 0 aliphatic heterocycles. The molecule has 0 spiro atoms. The maximum absolute atomic E-state index is 11.7. The number of carboxylic acids is 1. The number of benzene rings is 2.